The molecule has 1 spiro atoms. The van der Waals surface area contributed by atoms with Gasteiger partial charge in [0.1, 0.15) is 23.7 Å². The van der Waals surface area contributed by atoms with Crippen molar-refractivity contribution in [1.29, 1.82) is 0 Å². The van der Waals surface area contributed by atoms with Crippen molar-refractivity contribution in [3.05, 3.63) is 115 Å². The number of unbranched alkanes of at least 4 members (excludes halogenated alkanes) is 2. The van der Waals surface area contributed by atoms with Crippen LogP contribution in [0.2, 0.25) is 0 Å². The number of hydrogen-bond donors (Lipinski definition) is 3. The molecule has 2 amide bonds. The summed E-state index contributed by atoms with van der Waals surface area (Å²) in [5.74, 6) is 2.29. The van der Waals surface area contributed by atoms with Crippen molar-refractivity contribution in [1.82, 2.24) is 50.2 Å². The summed E-state index contributed by atoms with van der Waals surface area (Å²) in [6, 6.07) is 17.4. The fourth-order valence-corrected chi connectivity index (χ4v) is 14.1. The Morgan fingerprint density at radius 2 is 1.73 bits per heavy atom. The number of aromatic nitrogens is 4. The van der Waals surface area contributed by atoms with Crippen LogP contribution in [0, 0.1) is 18.3 Å². The predicted molar refractivity (Wildman–Crippen MR) is 290 cm³/mol. The molecule has 7 heterocycles. The summed E-state index contributed by atoms with van der Waals surface area (Å²) in [6.07, 6.45) is 15.0. The lowest BCUT2D eigenvalue weighted by Gasteiger charge is -2.42. The van der Waals surface area contributed by atoms with Crippen LogP contribution in [-0.2, 0) is 15.0 Å². The zero-order valence-electron chi connectivity index (χ0n) is 43.1. The average molecular weight is 1070 g/mol. The summed E-state index contributed by atoms with van der Waals surface area (Å²) in [6.45, 7) is 11.4. The standard InChI is InChI=1S/C57H71BrN10O4S/c1-35-49(73-34-59-35)39-20-18-36(19-21-39)43(61-52(70)47-31-40(69)32-66(47)54(72)50(56(2,3)4)67-33-45(37-16-17-37)63-64(67)5)14-8-6-11-28-65-29-24-38(25-30-65)44-23-22-41-51(60-44)68-46-15-12-13-42(58)48(46)53(71)62-55(68)57(41)26-9-7-10-27-57/h12-13,15,18-23,33-34,37-38,40,43,47,50,63,69H,6-11,14,16-17,24-32H2,1-5H3,(H,61,70)/t40-,43-,47+,50+/m0/s1. The van der Waals surface area contributed by atoms with E-state index in [9.17, 15) is 19.5 Å². The number of β-amino-alcohol motifs (C(OH)–C–C–N with tert-alkyl or cyclic N) is 1. The molecular weight excluding hydrogens is 1000 g/mol. The third kappa shape index (κ3) is 9.68. The Bertz CT molecular complexity index is 2970. The van der Waals surface area contributed by atoms with Gasteiger partial charge in [-0.2, -0.15) is 4.98 Å². The number of thiazole rings is 1. The van der Waals surface area contributed by atoms with Gasteiger partial charge in [-0.05, 0) is 129 Å². The van der Waals surface area contributed by atoms with Gasteiger partial charge in [0, 0.05) is 59.5 Å². The molecule has 4 fully saturated rings. The number of pyridine rings is 1. The molecule has 5 aromatic rings. The van der Waals surface area contributed by atoms with Crippen LogP contribution in [0.4, 0.5) is 0 Å². The molecule has 6 aliphatic rings. The number of hydrazine groups is 2. The van der Waals surface area contributed by atoms with Crippen molar-refractivity contribution in [2.75, 3.05) is 33.2 Å². The largest absolute Gasteiger partial charge is 0.391 e. The summed E-state index contributed by atoms with van der Waals surface area (Å²) < 4.78 is 2.98. The van der Waals surface area contributed by atoms with E-state index in [4.69, 9.17) is 9.97 Å². The average Bonchev–Trinajstić information content (AvgIpc) is 3.73. The van der Waals surface area contributed by atoms with E-state index in [2.05, 4.69) is 104 Å². The number of likely N-dealkylation sites (tertiary alicyclic amines) is 2. The number of fused-ring (bicyclic) bond motifs is 7. The highest BCUT2D eigenvalue weighted by Gasteiger charge is 2.50. The van der Waals surface area contributed by atoms with Gasteiger partial charge in [-0.3, -0.25) is 24.0 Å². The molecule has 0 radical (unpaired) electrons. The van der Waals surface area contributed by atoms with Gasteiger partial charge in [0.15, 0.2) is 0 Å². The van der Waals surface area contributed by atoms with Gasteiger partial charge >= 0.3 is 0 Å². The SMILES string of the molecule is Cc1ncsc1-c1ccc([C@H](CCCCCN2CCC(c3ccc4c(n3)-n3c(nc(=O)c5c(Br)cccc53)C43CCCCC3)CC2)NC(=O)[C@H]2C[C@H](O)CN2C(=O)[C@@H](N2C=C(C3CC3)NN2C)C(C)(C)C)cc1. The molecule has 3 aromatic heterocycles. The lowest BCUT2D eigenvalue weighted by molar-refractivity contribution is -0.152. The lowest BCUT2D eigenvalue weighted by atomic mass is 9.70. The normalized spacial score (nSPS) is 22.1. The predicted octanol–water partition coefficient (Wildman–Crippen LogP) is 9.43. The van der Waals surface area contributed by atoms with Crippen LogP contribution in [0.15, 0.2) is 81.3 Å². The molecule has 2 saturated heterocycles. The van der Waals surface area contributed by atoms with Crippen LogP contribution in [0.1, 0.15) is 151 Å². The van der Waals surface area contributed by atoms with E-state index in [1.54, 1.807) is 16.2 Å². The Morgan fingerprint density at radius 1 is 0.959 bits per heavy atom. The van der Waals surface area contributed by atoms with Crippen molar-refractivity contribution in [3.63, 3.8) is 0 Å². The Labute approximate surface area is 441 Å². The first-order valence-corrected chi connectivity index (χ1v) is 28.6. The highest BCUT2D eigenvalue weighted by molar-refractivity contribution is 9.10. The molecule has 73 heavy (non-hydrogen) atoms. The van der Waals surface area contributed by atoms with Crippen molar-refractivity contribution < 1.29 is 14.7 Å². The summed E-state index contributed by atoms with van der Waals surface area (Å²) in [4.78, 5) is 63.0. The molecule has 2 aliphatic carbocycles. The quantitative estimate of drug-likeness (QED) is 0.0913. The Balaban J connectivity index is 0.741. The second-order valence-corrected chi connectivity index (χ2v) is 24.6. The number of aryl methyl sites for hydroxylation is 1. The number of halogens is 1. The number of amides is 2. The third-order valence-corrected chi connectivity index (χ3v) is 18.5. The molecule has 16 heteroatoms. The summed E-state index contributed by atoms with van der Waals surface area (Å²) in [5, 5.41) is 19.0. The minimum Gasteiger partial charge on any atom is -0.391 e. The number of carbonyl (C=O) groups excluding carboxylic acids is 2. The highest BCUT2D eigenvalue weighted by atomic mass is 79.9. The van der Waals surface area contributed by atoms with Crippen LogP contribution < -0.4 is 16.3 Å². The Morgan fingerprint density at radius 3 is 2.44 bits per heavy atom. The van der Waals surface area contributed by atoms with Crippen LogP contribution in [0.5, 0.6) is 0 Å². The number of nitrogens with zero attached hydrogens (tertiary/aromatic N) is 8. The number of aliphatic hydroxyl groups is 1. The molecule has 2 saturated carbocycles. The Hall–Kier alpha value is -5.00. The number of rotatable bonds is 14. The summed E-state index contributed by atoms with van der Waals surface area (Å²) >= 11 is 5.28. The van der Waals surface area contributed by atoms with Gasteiger partial charge < -0.3 is 25.6 Å². The van der Waals surface area contributed by atoms with E-state index in [1.165, 1.54) is 12.0 Å². The number of aliphatic hydroxyl groups excluding tert-OH is 1. The van der Waals surface area contributed by atoms with E-state index >= 15 is 0 Å². The van der Waals surface area contributed by atoms with Crippen molar-refractivity contribution in [2.45, 2.75) is 153 Å². The van der Waals surface area contributed by atoms with Gasteiger partial charge in [0.25, 0.3) is 5.56 Å². The van der Waals surface area contributed by atoms with Crippen LogP contribution in [0.3, 0.4) is 0 Å². The lowest BCUT2D eigenvalue weighted by Crippen LogP contribution is -2.59. The molecule has 0 unspecified atom stereocenters. The Kier molecular flexibility index (Phi) is 13.9. The first-order chi connectivity index (χ1) is 35.2. The van der Waals surface area contributed by atoms with Gasteiger partial charge in [-0.1, -0.05) is 89.3 Å². The number of allylic oxidation sites excluding steroid dienone is 1. The van der Waals surface area contributed by atoms with Gasteiger partial charge in [-0.15, -0.1) is 16.5 Å². The number of nitrogens with one attached hydrogen (secondary N) is 2. The summed E-state index contributed by atoms with van der Waals surface area (Å²) in [5.41, 5.74) is 11.9. The fourth-order valence-electron chi connectivity index (χ4n) is 12.8. The van der Waals surface area contributed by atoms with E-state index in [0.717, 1.165) is 151 Å². The van der Waals surface area contributed by atoms with E-state index < -0.39 is 23.6 Å². The number of carbonyl (C=O) groups is 2. The van der Waals surface area contributed by atoms with Crippen LogP contribution >= 0.6 is 27.3 Å². The van der Waals surface area contributed by atoms with Gasteiger partial charge in [0.2, 0.25) is 11.8 Å². The molecule has 4 atom stereocenters. The van der Waals surface area contributed by atoms with E-state index in [1.807, 2.05) is 47.8 Å². The van der Waals surface area contributed by atoms with E-state index in [0.29, 0.717) is 17.2 Å². The van der Waals surface area contributed by atoms with Gasteiger partial charge in [0.05, 0.1) is 44.5 Å². The van der Waals surface area contributed by atoms with Gasteiger partial charge in [-0.25, -0.2) is 9.97 Å². The molecule has 11 rings (SSSR count). The fraction of sp³-hybridized carbons (Fsp3) is 0.544. The number of piperidine rings is 1. The second-order valence-electron chi connectivity index (χ2n) is 22.9. The van der Waals surface area contributed by atoms with Crippen molar-refractivity contribution >= 4 is 50.0 Å². The maximum Gasteiger partial charge on any atom is 0.281 e. The monoisotopic (exact) mass is 1070 g/mol. The highest BCUT2D eigenvalue weighted by Crippen LogP contribution is 2.51. The zero-order valence-corrected chi connectivity index (χ0v) is 45.5. The molecule has 3 N–H and O–H groups in total. The van der Waals surface area contributed by atoms with Crippen LogP contribution in [-0.4, -0.2) is 108 Å². The maximum absolute atomic E-state index is 14.8. The van der Waals surface area contributed by atoms with Crippen molar-refractivity contribution in [3.8, 4) is 16.3 Å². The van der Waals surface area contributed by atoms with Crippen LogP contribution in [0.25, 0.3) is 27.2 Å². The molecule has 2 aromatic carbocycles. The molecular formula is C57H71BrN10O4S. The topological polar surface area (TPSA) is 152 Å². The zero-order chi connectivity index (χ0) is 50.8. The van der Waals surface area contributed by atoms with E-state index in [-0.39, 0.29) is 41.8 Å². The first kappa shape index (κ1) is 50.2. The number of hydrogen-bond acceptors (Lipinski definition) is 12. The first-order valence-electron chi connectivity index (χ1n) is 26.9. The maximum atomic E-state index is 14.8. The minimum atomic E-state index is -0.789. The molecule has 0 bridgehead atoms. The summed E-state index contributed by atoms with van der Waals surface area (Å²) in [7, 11) is 1.93. The smallest absolute Gasteiger partial charge is 0.281 e. The molecule has 14 nitrogen and oxygen atoms in total. The minimum absolute atomic E-state index is 0.119. The van der Waals surface area contributed by atoms with Crippen molar-refractivity contribution in [2.24, 2.45) is 11.3 Å². The molecule has 386 valence electrons. The number of benzene rings is 2. The second kappa shape index (κ2) is 20.3. The molecule has 4 aliphatic heterocycles. The third-order valence-electron chi connectivity index (χ3n) is 16.8.